The van der Waals surface area contributed by atoms with Gasteiger partial charge in [-0.3, -0.25) is 0 Å². The van der Waals surface area contributed by atoms with Crippen LogP contribution >= 0.6 is 11.6 Å². The van der Waals surface area contributed by atoms with Gasteiger partial charge in [0.2, 0.25) is 0 Å². The molecule has 7 heteroatoms. The third kappa shape index (κ3) is 3.29. The lowest BCUT2D eigenvalue weighted by molar-refractivity contribution is -0.199. The van der Waals surface area contributed by atoms with Crippen LogP contribution in [0.4, 0.5) is 0 Å². The van der Waals surface area contributed by atoms with Crippen molar-refractivity contribution in [2.45, 2.75) is 30.7 Å². The highest BCUT2D eigenvalue weighted by Gasteiger charge is 2.39. The molecule has 4 N–H and O–H groups in total. The lowest BCUT2D eigenvalue weighted by Gasteiger charge is -2.28. The van der Waals surface area contributed by atoms with Gasteiger partial charge < -0.3 is 29.9 Å². The lowest BCUT2D eigenvalue weighted by atomic mass is 10.0. The summed E-state index contributed by atoms with van der Waals surface area (Å²) in [4.78, 5) is 0. The normalized spacial score (nSPS) is 32.6. The molecule has 0 amide bonds. The van der Waals surface area contributed by atoms with Gasteiger partial charge in [0, 0.05) is 10.6 Å². The summed E-state index contributed by atoms with van der Waals surface area (Å²) in [7, 11) is 0. The van der Waals surface area contributed by atoms with Gasteiger partial charge in [-0.1, -0.05) is 29.8 Å². The minimum atomic E-state index is -1.37. The number of ether oxygens (including phenoxy) is 2. The van der Waals surface area contributed by atoms with Crippen molar-refractivity contribution in [3.63, 3.8) is 0 Å². The van der Waals surface area contributed by atoms with Crippen molar-refractivity contribution in [3.8, 4) is 0 Å². The van der Waals surface area contributed by atoms with Crippen molar-refractivity contribution in [1.29, 1.82) is 0 Å². The van der Waals surface area contributed by atoms with Crippen LogP contribution in [0.2, 0.25) is 5.02 Å². The molecule has 20 heavy (non-hydrogen) atoms. The number of hydrogen-bond acceptors (Lipinski definition) is 6. The van der Waals surface area contributed by atoms with Crippen LogP contribution in [0.1, 0.15) is 11.9 Å². The highest BCUT2D eigenvalue weighted by atomic mass is 35.5. The van der Waals surface area contributed by atoms with Crippen molar-refractivity contribution in [2.75, 3.05) is 13.2 Å². The highest BCUT2D eigenvalue weighted by molar-refractivity contribution is 6.31. The van der Waals surface area contributed by atoms with Gasteiger partial charge in [-0.15, -0.1) is 0 Å². The van der Waals surface area contributed by atoms with Crippen molar-refractivity contribution < 1.29 is 29.9 Å². The van der Waals surface area contributed by atoms with Gasteiger partial charge in [-0.25, -0.2) is 0 Å². The van der Waals surface area contributed by atoms with E-state index in [4.69, 9.17) is 26.2 Å². The zero-order chi connectivity index (χ0) is 14.7. The fourth-order valence-electron chi connectivity index (χ4n) is 2.02. The average molecular weight is 305 g/mol. The minimum Gasteiger partial charge on any atom is -0.394 e. The Morgan fingerprint density at radius 2 is 2.00 bits per heavy atom. The Morgan fingerprint density at radius 1 is 1.30 bits per heavy atom. The second-order valence-corrected chi connectivity index (χ2v) is 5.00. The minimum absolute atomic E-state index is 0.175. The maximum Gasteiger partial charge on any atom is 0.185 e. The van der Waals surface area contributed by atoms with Crippen molar-refractivity contribution in [1.82, 2.24) is 0 Å². The predicted octanol–water partition coefficient (Wildman–Crippen LogP) is -0.171. The Bertz CT molecular complexity index is 443. The first-order valence-corrected chi connectivity index (χ1v) is 6.59. The molecule has 0 radical (unpaired) electrons. The molecular formula is C13H17ClO6. The van der Waals surface area contributed by atoms with Crippen LogP contribution < -0.4 is 0 Å². The number of benzene rings is 1. The SMILES string of the molecule is OC[C@@H](O)[C@@H]1OC(c2ccccc2Cl)OC[C@H](O)[C@@H]1O. The Kier molecular flexibility index (Phi) is 5.34. The molecule has 112 valence electrons. The van der Waals surface area contributed by atoms with Gasteiger partial charge in [0.1, 0.15) is 24.4 Å². The number of hydrogen-bond donors (Lipinski definition) is 4. The first-order chi connectivity index (χ1) is 9.54. The van der Waals surface area contributed by atoms with Gasteiger partial charge in [-0.05, 0) is 6.07 Å². The van der Waals surface area contributed by atoms with E-state index in [0.29, 0.717) is 10.6 Å². The quantitative estimate of drug-likeness (QED) is 0.619. The topological polar surface area (TPSA) is 99.4 Å². The van der Waals surface area contributed by atoms with Gasteiger partial charge in [0.05, 0.1) is 13.2 Å². The number of rotatable bonds is 3. The van der Waals surface area contributed by atoms with E-state index in [-0.39, 0.29) is 6.61 Å². The standard InChI is InChI=1S/C13H17ClO6/c14-8-4-2-1-3-7(8)13-19-6-10(17)11(18)12(20-13)9(16)5-15/h1-4,9-13,15-18H,5-6H2/t9-,10+,11+,12+,13?/m1/s1. The van der Waals surface area contributed by atoms with E-state index in [0.717, 1.165) is 0 Å². The smallest absolute Gasteiger partial charge is 0.185 e. The zero-order valence-corrected chi connectivity index (χ0v) is 11.3. The van der Waals surface area contributed by atoms with E-state index < -0.39 is 37.3 Å². The summed E-state index contributed by atoms with van der Waals surface area (Å²) in [5.74, 6) is 0. The van der Waals surface area contributed by atoms with Crippen LogP contribution in [0.25, 0.3) is 0 Å². The molecule has 1 unspecified atom stereocenters. The lowest BCUT2D eigenvalue weighted by Crippen LogP contribution is -2.47. The highest BCUT2D eigenvalue weighted by Crippen LogP contribution is 2.31. The number of aliphatic hydroxyl groups excluding tert-OH is 4. The summed E-state index contributed by atoms with van der Waals surface area (Å²) in [5, 5.41) is 38.7. The molecule has 1 saturated heterocycles. The van der Waals surface area contributed by atoms with E-state index in [2.05, 4.69) is 0 Å². The van der Waals surface area contributed by atoms with Gasteiger partial charge >= 0.3 is 0 Å². The Balaban J connectivity index is 2.25. The van der Waals surface area contributed by atoms with Crippen LogP contribution in [0.5, 0.6) is 0 Å². The van der Waals surface area contributed by atoms with Crippen molar-refractivity contribution >= 4 is 11.6 Å². The maximum atomic E-state index is 9.89. The molecule has 1 aliphatic heterocycles. The molecule has 6 nitrogen and oxygen atoms in total. The van der Waals surface area contributed by atoms with Crippen LogP contribution in [0.3, 0.4) is 0 Å². The summed E-state index contributed by atoms with van der Waals surface area (Å²) in [5.41, 5.74) is 0.519. The molecule has 2 rings (SSSR count). The third-order valence-corrected chi connectivity index (χ3v) is 3.50. The summed E-state index contributed by atoms with van der Waals surface area (Å²) < 4.78 is 10.9. The van der Waals surface area contributed by atoms with E-state index in [1.807, 2.05) is 0 Å². The predicted molar refractivity (Wildman–Crippen MR) is 70.1 cm³/mol. The molecule has 0 bridgehead atoms. The average Bonchev–Trinajstić information content (AvgIpc) is 2.60. The molecule has 0 saturated carbocycles. The molecule has 1 aliphatic rings. The van der Waals surface area contributed by atoms with Gasteiger partial charge in [-0.2, -0.15) is 0 Å². The first kappa shape index (κ1) is 15.7. The van der Waals surface area contributed by atoms with Crippen LogP contribution in [-0.2, 0) is 9.47 Å². The molecule has 0 aromatic heterocycles. The van der Waals surface area contributed by atoms with Gasteiger partial charge in [0.25, 0.3) is 0 Å². The zero-order valence-electron chi connectivity index (χ0n) is 10.6. The van der Waals surface area contributed by atoms with Crippen LogP contribution in [0.15, 0.2) is 24.3 Å². The summed E-state index contributed by atoms with van der Waals surface area (Å²) >= 11 is 6.05. The van der Waals surface area contributed by atoms with E-state index in [9.17, 15) is 15.3 Å². The number of halogens is 1. The molecule has 1 fully saturated rings. The van der Waals surface area contributed by atoms with Crippen molar-refractivity contribution in [3.05, 3.63) is 34.9 Å². The Morgan fingerprint density at radius 3 is 2.65 bits per heavy atom. The van der Waals surface area contributed by atoms with E-state index in [1.165, 1.54) is 0 Å². The monoisotopic (exact) mass is 304 g/mol. The molecule has 0 aliphatic carbocycles. The first-order valence-electron chi connectivity index (χ1n) is 6.21. The second kappa shape index (κ2) is 6.82. The molecule has 5 atom stereocenters. The molecule has 1 heterocycles. The van der Waals surface area contributed by atoms with Crippen LogP contribution in [0, 0.1) is 0 Å². The molecule has 0 spiro atoms. The fraction of sp³-hybridized carbons (Fsp3) is 0.538. The number of aliphatic hydroxyl groups is 4. The van der Waals surface area contributed by atoms with E-state index >= 15 is 0 Å². The largest absolute Gasteiger partial charge is 0.394 e. The van der Waals surface area contributed by atoms with Crippen molar-refractivity contribution in [2.24, 2.45) is 0 Å². The third-order valence-electron chi connectivity index (χ3n) is 3.16. The van der Waals surface area contributed by atoms with Crippen LogP contribution in [-0.4, -0.2) is 58.1 Å². The summed E-state index contributed by atoms with van der Waals surface area (Å²) in [6, 6.07) is 6.81. The summed E-state index contributed by atoms with van der Waals surface area (Å²) in [6.45, 7) is -0.782. The Labute approximate surface area is 121 Å². The molecular weight excluding hydrogens is 288 g/mol. The Hall–Kier alpha value is -0.730. The maximum absolute atomic E-state index is 9.89. The summed E-state index contributed by atoms with van der Waals surface area (Å²) in [6.07, 6.45) is -6.06. The molecule has 1 aromatic carbocycles. The van der Waals surface area contributed by atoms with Gasteiger partial charge in [0.15, 0.2) is 6.29 Å². The van der Waals surface area contributed by atoms with E-state index in [1.54, 1.807) is 24.3 Å². The fourth-order valence-corrected chi connectivity index (χ4v) is 2.24. The molecule has 1 aromatic rings. The second-order valence-electron chi connectivity index (χ2n) is 4.60.